The van der Waals surface area contributed by atoms with Crippen LogP contribution in [-0.4, -0.2) is 30.9 Å². The van der Waals surface area contributed by atoms with E-state index >= 15 is 0 Å². The Hall–Kier alpha value is -4.94. The van der Waals surface area contributed by atoms with E-state index in [0.29, 0.717) is 18.1 Å². The minimum absolute atomic E-state index is 0.0446. The van der Waals surface area contributed by atoms with Gasteiger partial charge in [-0.1, -0.05) is 97.1 Å². The number of hydrogen-bond donors (Lipinski definition) is 1. The van der Waals surface area contributed by atoms with Crippen LogP contribution in [0.3, 0.4) is 0 Å². The van der Waals surface area contributed by atoms with Crippen molar-refractivity contribution < 1.29 is 23.8 Å². The molecule has 6 heteroatoms. The number of hydrogen-bond acceptors (Lipinski definition) is 5. The number of ketones is 1. The predicted molar refractivity (Wildman–Crippen MR) is 159 cm³/mol. The Morgan fingerprint density at radius 1 is 0.659 bits per heavy atom. The van der Waals surface area contributed by atoms with E-state index in [9.17, 15) is 9.59 Å². The van der Waals surface area contributed by atoms with E-state index in [1.54, 1.807) is 0 Å². The summed E-state index contributed by atoms with van der Waals surface area (Å²) in [7, 11) is 0. The maximum atomic E-state index is 13.3. The van der Waals surface area contributed by atoms with Gasteiger partial charge in [0.15, 0.2) is 12.4 Å². The first-order valence-electron chi connectivity index (χ1n) is 13.5. The molecule has 5 aromatic carbocycles. The van der Waals surface area contributed by atoms with Crippen molar-refractivity contribution in [1.29, 1.82) is 0 Å². The second-order valence-corrected chi connectivity index (χ2v) is 9.59. The third-order valence-corrected chi connectivity index (χ3v) is 6.51. The quantitative estimate of drug-likeness (QED) is 0.182. The van der Waals surface area contributed by atoms with Crippen molar-refractivity contribution in [3.05, 3.63) is 139 Å². The summed E-state index contributed by atoms with van der Waals surface area (Å²) >= 11 is 0. The normalized spacial score (nSPS) is 11.5. The van der Waals surface area contributed by atoms with Gasteiger partial charge in [0.1, 0.15) is 23.3 Å². The van der Waals surface area contributed by atoms with Crippen LogP contribution < -0.4 is 14.8 Å². The monoisotopic (exact) mass is 545 g/mol. The van der Waals surface area contributed by atoms with Crippen LogP contribution in [0.1, 0.15) is 11.1 Å². The summed E-state index contributed by atoms with van der Waals surface area (Å²) in [5.74, 6) is 1.47. The minimum Gasteiger partial charge on any atom is -0.483 e. The summed E-state index contributed by atoms with van der Waals surface area (Å²) in [5, 5.41) is 4.76. The van der Waals surface area contributed by atoms with Crippen molar-refractivity contribution in [3.8, 4) is 17.2 Å². The van der Waals surface area contributed by atoms with Gasteiger partial charge < -0.3 is 19.5 Å². The van der Waals surface area contributed by atoms with E-state index < -0.39 is 11.9 Å². The summed E-state index contributed by atoms with van der Waals surface area (Å²) < 4.78 is 17.5. The van der Waals surface area contributed by atoms with Gasteiger partial charge in [0.25, 0.3) is 5.91 Å². The van der Waals surface area contributed by atoms with Gasteiger partial charge in [-0.05, 0) is 46.8 Å². The van der Waals surface area contributed by atoms with Crippen molar-refractivity contribution in [2.24, 2.45) is 0 Å². The van der Waals surface area contributed by atoms with Crippen LogP contribution in [0.15, 0.2) is 127 Å². The number of benzene rings is 5. The fraction of sp³-hybridized carbons (Fsp3) is 0.143. The number of Topliss-reactive ketones (excluding diaryl/α,β-unsaturated/α-hetero) is 1. The topological polar surface area (TPSA) is 73.9 Å². The van der Waals surface area contributed by atoms with E-state index in [4.69, 9.17) is 14.2 Å². The van der Waals surface area contributed by atoms with E-state index in [-0.39, 0.29) is 25.4 Å². The van der Waals surface area contributed by atoms with Gasteiger partial charge in [-0.25, -0.2) is 0 Å². The van der Waals surface area contributed by atoms with Gasteiger partial charge in [0, 0.05) is 11.8 Å². The standard InChI is InChI=1S/C35H31NO5/c37-33(22-26-18-20-30(21-19-26)41-29-14-5-2-6-15-29)32(24-39-23-27-10-3-1-4-11-27)36-35(38)25-40-34-17-9-13-28-12-7-8-16-31(28)34/h1-21,32H,22-25H2,(H,36,38). The van der Waals surface area contributed by atoms with Gasteiger partial charge in [0.05, 0.1) is 13.2 Å². The molecule has 0 aliphatic heterocycles. The molecule has 1 atom stereocenters. The highest BCUT2D eigenvalue weighted by Crippen LogP contribution is 2.25. The molecule has 0 spiro atoms. The van der Waals surface area contributed by atoms with Gasteiger partial charge in [-0.3, -0.25) is 9.59 Å². The lowest BCUT2D eigenvalue weighted by atomic mass is 10.0. The number of carbonyl (C=O) groups is 2. The molecule has 0 heterocycles. The molecule has 0 fully saturated rings. The fourth-order valence-corrected chi connectivity index (χ4v) is 4.41. The minimum atomic E-state index is -0.831. The summed E-state index contributed by atoms with van der Waals surface area (Å²) in [6, 6.07) is 39.2. The van der Waals surface area contributed by atoms with Crippen LogP contribution in [0.5, 0.6) is 17.2 Å². The van der Waals surface area contributed by atoms with Crippen molar-refractivity contribution in [1.82, 2.24) is 5.32 Å². The molecule has 5 rings (SSSR count). The molecule has 0 radical (unpaired) electrons. The average molecular weight is 546 g/mol. The van der Waals surface area contributed by atoms with Crippen LogP contribution in [0.4, 0.5) is 0 Å². The SMILES string of the molecule is O=C(COc1cccc2ccccc12)NC(COCc1ccccc1)C(=O)Cc1ccc(Oc2ccccc2)cc1. The third kappa shape index (κ3) is 8.03. The predicted octanol–water partition coefficient (Wildman–Crippen LogP) is 6.52. The molecular formula is C35H31NO5. The van der Waals surface area contributed by atoms with Crippen molar-refractivity contribution in [2.45, 2.75) is 19.1 Å². The van der Waals surface area contributed by atoms with Crippen LogP contribution in [0, 0.1) is 0 Å². The van der Waals surface area contributed by atoms with E-state index in [2.05, 4.69) is 5.32 Å². The second-order valence-electron chi connectivity index (χ2n) is 9.59. The molecule has 206 valence electrons. The number of nitrogens with one attached hydrogen (secondary N) is 1. The first-order chi connectivity index (χ1) is 20.1. The van der Waals surface area contributed by atoms with Gasteiger partial charge in [0.2, 0.25) is 0 Å². The largest absolute Gasteiger partial charge is 0.483 e. The zero-order valence-electron chi connectivity index (χ0n) is 22.6. The van der Waals surface area contributed by atoms with E-state index in [1.165, 1.54) is 0 Å². The maximum absolute atomic E-state index is 13.3. The molecule has 41 heavy (non-hydrogen) atoms. The van der Waals surface area contributed by atoms with Crippen molar-refractivity contribution >= 4 is 22.5 Å². The fourth-order valence-electron chi connectivity index (χ4n) is 4.41. The Kier molecular flexibility index (Phi) is 9.38. The first kappa shape index (κ1) is 27.6. The Bertz CT molecular complexity index is 1560. The molecule has 0 aliphatic carbocycles. The Morgan fingerprint density at radius 2 is 1.32 bits per heavy atom. The highest BCUT2D eigenvalue weighted by molar-refractivity contribution is 5.91. The van der Waals surface area contributed by atoms with Crippen LogP contribution >= 0.6 is 0 Å². The summed E-state index contributed by atoms with van der Waals surface area (Å²) in [6.45, 7) is 0.156. The molecule has 0 saturated carbocycles. The Morgan fingerprint density at radius 3 is 2.10 bits per heavy atom. The number of para-hydroxylation sites is 1. The lowest BCUT2D eigenvalue weighted by Gasteiger charge is -2.19. The molecular weight excluding hydrogens is 514 g/mol. The van der Waals surface area contributed by atoms with Crippen molar-refractivity contribution in [3.63, 3.8) is 0 Å². The van der Waals surface area contributed by atoms with Crippen molar-refractivity contribution in [2.75, 3.05) is 13.2 Å². The van der Waals surface area contributed by atoms with Crippen LogP contribution in [0.25, 0.3) is 10.8 Å². The number of ether oxygens (including phenoxy) is 3. The smallest absolute Gasteiger partial charge is 0.258 e. The van der Waals surface area contributed by atoms with E-state index in [0.717, 1.165) is 27.6 Å². The lowest BCUT2D eigenvalue weighted by molar-refractivity contribution is -0.130. The molecule has 0 bridgehead atoms. The highest BCUT2D eigenvalue weighted by atomic mass is 16.5. The van der Waals surface area contributed by atoms with E-state index in [1.807, 2.05) is 127 Å². The maximum Gasteiger partial charge on any atom is 0.258 e. The molecule has 1 unspecified atom stereocenters. The molecule has 1 amide bonds. The molecule has 6 nitrogen and oxygen atoms in total. The number of carbonyl (C=O) groups excluding carboxylic acids is 2. The highest BCUT2D eigenvalue weighted by Gasteiger charge is 2.22. The summed E-state index contributed by atoms with van der Waals surface area (Å²) in [6.07, 6.45) is 0.134. The van der Waals surface area contributed by atoms with Gasteiger partial charge >= 0.3 is 0 Å². The molecule has 0 saturated heterocycles. The zero-order valence-corrected chi connectivity index (χ0v) is 22.6. The number of rotatable bonds is 13. The molecule has 1 N–H and O–H groups in total. The summed E-state index contributed by atoms with van der Waals surface area (Å²) in [4.78, 5) is 26.3. The Labute approximate surface area is 239 Å². The third-order valence-electron chi connectivity index (χ3n) is 6.51. The van der Waals surface area contributed by atoms with Gasteiger partial charge in [-0.15, -0.1) is 0 Å². The molecule has 5 aromatic rings. The summed E-state index contributed by atoms with van der Waals surface area (Å²) in [5.41, 5.74) is 1.79. The van der Waals surface area contributed by atoms with Crippen LogP contribution in [0.2, 0.25) is 0 Å². The van der Waals surface area contributed by atoms with Crippen LogP contribution in [-0.2, 0) is 27.4 Å². The molecule has 0 aliphatic rings. The lowest BCUT2D eigenvalue weighted by Crippen LogP contribution is -2.46. The molecule has 0 aromatic heterocycles. The number of amides is 1. The zero-order chi connectivity index (χ0) is 28.3. The number of fused-ring (bicyclic) bond motifs is 1. The van der Waals surface area contributed by atoms with Gasteiger partial charge in [-0.2, -0.15) is 0 Å². The first-order valence-corrected chi connectivity index (χ1v) is 13.5. The Balaban J connectivity index is 1.21. The average Bonchev–Trinajstić information content (AvgIpc) is 3.01. The second kappa shape index (κ2) is 13.9.